The molecule has 2 aromatic rings. The molecule has 0 saturated carbocycles. The molecule has 1 N–H and O–H groups in total. The molecule has 2 aliphatic rings. The second kappa shape index (κ2) is 6.39. The first-order valence-electron chi connectivity index (χ1n) is 8.21. The summed E-state index contributed by atoms with van der Waals surface area (Å²) in [5.74, 6) is 1.09. The number of hydrogen-bond acceptors (Lipinski definition) is 5. The van der Waals surface area contributed by atoms with E-state index >= 15 is 0 Å². The predicted molar refractivity (Wildman–Crippen MR) is 90.8 cm³/mol. The van der Waals surface area contributed by atoms with Crippen LogP contribution in [0.25, 0.3) is 0 Å². The van der Waals surface area contributed by atoms with Crippen molar-refractivity contribution in [3.63, 3.8) is 0 Å². The molecule has 6 nitrogen and oxygen atoms in total. The average molecular weight is 325 g/mol. The maximum absolute atomic E-state index is 12.3. The number of benzene rings is 1. The van der Waals surface area contributed by atoms with Crippen molar-refractivity contribution in [1.82, 2.24) is 4.98 Å². The molecule has 0 atom stereocenters. The summed E-state index contributed by atoms with van der Waals surface area (Å²) >= 11 is 0. The lowest BCUT2D eigenvalue weighted by molar-refractivity contribution is 0.102. The van der Waals surface area contributed by atoms with Gasteiger partial charge in [-0.15, -0.1) is 0 Å². The van der Waals surface area contributed by atoms with Crippen molar-refractivity contribution in [1.29, 1.82) is 0 Å². The molecule has 1 aromatic heterocycles. The second-order valence-corrected chi connectivity index (χ2v) is 5.97. The number of ether oxygens (including phenoxy) is 2. The third-order valence-electron chi connectivity index (χ3n) is 4.33. The van der Waals surface area contributed by atoms with E-state index in [4.69, 9.17) is 9.47 Å². The lowest BCUT2D eigenvalue weighted by Crippen LogP contribution is -2.29. The van der Waals surface area contributed by atoms with Gasteiger partial charge < -0.3 is 19.7 Å². The van der Waals surface area contributed by atoms with Crippen LogP contribution in [0.3, 0.4) is 0 Å². The summed E-state index contributed by atoms with van der Waals surface area (Å²) < 4.78 is 10.6. The van der Waals surface area contributed by atoms with Crippen LogP contribution in [0.5, 0.6) is 11.5 Å². The van der Waals surface area contributed by atoms with Gasteiger partial charge in [0.2, 0.25) is 6.79 Å². The highest BCUT2D eigenvalue weighted by Crippen LogP contribution is 2.34. The van der Waals surface area contributed by atoms with Gasteiger partial charge in [-0.1, -0.05) is 0 Å². The van der Waals surface area contributed by atoms with Crippen molar-refractivity contribution >= 4 is 17.3 Å². The van der Waals surface area contributed by atoms with Gasteiger partial charge in [-0.3, -0.25) is 4.79 Å². The van der Waals surface area contributed by atoms with E-state index in [0.717, 1.165) is 18.8 Å². The highest BCUT2D eigenvalue weighted by atomic mass is 16.7. The second-order valence-electron chi connectivity index (χ2n) is 5.97. The van der Waals surface area contributed by atoms with Gasteiger partial charge in [0.1, 0.15) is 5.69 Å². The highest BCUT2D eigenvalue weighted by molar-refractivity contribution is 6.03. The third-order valence-corrected chi connectivity index (χ3v) is 4.33. The van der Waals surface area contributed by atoms with Crippen LogP contribution in [0.1, 0.15) is 29.8 Å². The number of hydrogen-bond donors (Lipinski definition) is 1. The number of carbonyl (C=O) groups excluding carboxylic acids is 1. The Kier molecular flexibility index (Phi) is 3.94. The fraction of sp³-hybridized carbons (Fsp3) is 0.333. The minimum Gasteiger partial charge on any atom is -0.454 e. The molecule has 1 saturated heterocycles. The van der Waals surface area contributed by atoms with E-state index < -0.39 is 0 Å². The zero-order chi connectivity index (χ0) is 16.4. The quantitative estimate of drug-likeness (QED) is 0.939. The molecule has 0 spiro atoms. The van der Waals surface area contributed by atoms with Gasteiger partial charge in [-0.2, -0.15) is 0 Å². The van der Waals surface area contributed by atoms with Crippen molar-refractivity contribution in [2.45, 2.75) is 19.3 Å². The van der Waals surface area contributed by atoms with Gasteiger partial charge >= 0.3 is 0 Å². The number of fused-ring (bicyclic) bond motifs is 1. The molecule has 0 unspecified atom stereocenters. The molecule has 2 aliphatic heterocycles. The summed E-state index contributed by atoms with van der Waals surface area (Å²) in [6, 6.07) is 9.06. The van der Waals surface area contributed by atoms with E-state index in [1.54, 1.807) is 30.5 Å². The van der Waals surface area contributed by atoms with Gasteiger partial charge in [0.05, 0.1) is 11.9 Å². The van der Waals surface area contributed by atoms with E-state index in [1.807, 2.05) is 6.07 Å². The van der Waals surface area contributed by atoms with Crippen LogP contribution >= 0.6 is 0 Å². The van der Waals surface area contributed by atoms with Crippen LogP contribution in [-0.4, -0.2) is 30.8 Å². The number of piperidine rings is 1. The molecule has 0 bridgehead atoms. The van der Waals surface area contributed by atoms with Gasteiger partial charge in [0, 0.05) is 24.8 Å². The molecule has 124 valence electrons. The Morgan fingerprint density at radius 3 is 2.67 bits per heavy atom. The lowest BCUT2D eigenvalue weighted by Gasteiger charge is -2.28. The van der Waals surface area contributed by atoms with Crippen molar-refractivity contribution in [3.05, 3.63) is 42.2 Å². The Labute approximate surface area is 140 Å². The smallest absolute Gasteiger partial charge is 0.274 e. The lowest BCUT2D eigenvalue weighted by atomic mass is 10.1. The Balaban J connectivity index is 1.44. The van der Waals surface area contributed by atoms with Crippen molar-refractivity contribution in [2.24, 2.45) is 0 Å². The van der Waals surface area contributed by atoms with Gasteiger partial charge in [0.25, 0.3) is 5.91 Å². The fourth-order valence-electron chi connectivity index (χ4n) is 3.03. The number of pyridine rings is 1. The topological polar surface area (TPSA) is 63.7 Å². The number of carbonyl (C=O) groups is 1. The monoisotopic (exact) mass is 325 g/mol. The normalized spacial score (nSPS) is 16.1. The first kappa shape index (κ1) is 14.8. The molecule has 0 aliphatic carbocycles. The van der Waals surface area contributed by atoms with E-state index in [2.05, 4.69) is 15.2 Å². The Hall–Kier alpha value is -2.76. The predicted octanol–water partition coefficient (Wildman–Crippen LogP) is 3.05. The minimum atomic E-state index is -0.237. The molecular formula is C18H19N3O3. The Morgan fingerprint density at radius 1 is 1.04 bits per heavy atom. The molecule has 1 amide bonds. The molecule has 1 aromatic carbocycles. The molecule has 0 radical (unpaired) electrons. The van der Waals surface area contributed by atoms with Crippen LogP contribution in [0.2, 0.25) is 0 Å². The number of aromatic nitrogens is 1. The molecular weight excluding hydrogens is 306 g/mol. The zero-order valence-corrected chi connectivity index (χ0v) is 13.3. The maximum atomic E-state index is 12.3. The van der Waals surface area contributed by atoms with Crippen LogP contribution in [-0.2, 0) is 0 Å². The highest BCUT2D eigenvalue weighted by Gasteiger charge is 2.16. The number of amides is 1. The molecule has 4 rings (SSSR count). The standard InChI is InChI=1S/C18H19N3O3/c22-18(20-13-4-7-16-17(10-13)24-12-23-16)15-6-5-14(11-19-15)21-8-2-1-3-9-21/h4-7,10-11H,1-3,8-9,12H2,(H,20,22). The average Bonchev–Trinajstić information content (AvgIpc) is 3.10. The molecule has 24 heavy (non-hydrogen) atoms. The van der Waals surface area contributed by atoms with Gasteiger partial charge in [0.15, 0.2) is 11.5 Å². The van der Waals surface area contributed by atoms with E-state index in [1.165, 1.54) is 19.3 Å². The summed E-state index contributed by atoms with van der Waals surface area (Å²) in [6.45, 7) is 2.33. The van der Waals surface area contributed by atoms with Crippen LogP contribution in [0.15, 0.2) is 36.5 Å². The molecule has 3 heterocycles. The van der Waals surface area contributed by atoms with Crippen LogP contribution in [0, 0.1) is 0 Å². The van der Waals surface area contributed by atoms with Crippen molar-refractivity contribution in [3.8, 4) is 11.5 Å². The maximum Gasteiger partial charge on any atom is 0.274 e. The van der Waals surface area contributed by atoms with Crippen molar-refractivity contribution in [2.75, 3.05) is 30.1 Å². The molecule has 1 fully saturated rings. The number of nitrogens with zero attached hydrogens (tertiary/aromatic N) is 2. The summed E-state index contributed by atoms with van der Waals surface area (Å²) in [6.07, 6.45) is 5.50. The SMILES string of the molecule is O=C(Nc1ccc2c(c1)OCO2)c1ccc(N2CCCCC2)cn1. The Morgan fingerprint density at radius 2 is 1.88 bits per heavy atom. The van der Waals surface area contributed by atoms with E-state index in [0.29, 0.717) is 22.9 Å². The van der Waals surface area contributed by atoms with E-state index in [9.17, 15) is 4.79 Å². The number of rotatable bonds is 3. The molecule has 6 heteroatoms. The first-order valence-corrected chi connectivity index (χ1v) is 8.21. The summed E-state index contributed by atoms with van der Waals surface area (Å²) in [4.78, 5) is 19.0. The Bertz CT molecular complexity index is 740. The summed E-state index contributed by atoms with van der Waals surface area (Å²) in [5.41, 5.74) is 2.13. The van der Waals surface area contributed by atoms with E-state index in [-0.39, 0.29) is 12.7 Å². The summed E-state index contributed by atoms with van der Waals surface area (Å²) in [7, 11) is 0. The zero-order valence-electron chi connectivity index (χ0n) is 13.3. The summed E-state index contributed by atoms with van der Waals surface area (Å²) in [5, 5.41) is 2.84. The van der Waals surface area contributed by atoms with Crippen LogP contribution in [0.4, 0.5) is 11.4 Å². The first-order chi connectivity index (χ1) is 11.8. The largest absolute Gasteiger partial charge is 0.454 e. The van der Waals surface area contributed by atoms with Gasteiger partial charge in [-0.25, -0.2) is 4.98 Å². The van der Waals surface area contributed by atoms with Crippen molar-refractivity contribution < 1.29 is 14.3 Å². The number of anilines is 2. The minimum absolute atomic E-state index is 0.215. The fourth-order valence-corrected chi connectivity index (χ4v) is 3.03. The number of nitrogens with one attached hydrogen (secondary N) is 1. The van der Waals surface area contributed by atoms with Crippen LogP contribution < -0.4 is 19.7 Å². The van der Waals surface area contributed by atoms with Gasteiger partial charge in [-0.05, 0) is 43.5 Å². The third kappa shape index (κ3) is 2.99.